The molecule has 5 nitrogen and oxygen atoms in total. The summed E-state index contributed by atoms with van der Waals surface area (Å²) in [6, 6.07) is 10.3. The lowest BCUT2D eigenvalue weighted by molar-refractivity contribution is 0.0697. The number of hydrogen-bond acceptors (Lipinski definition) is 4. The van der Waals surface area contributed by atoms with Crippen LogP contribution in [0.3, 0.4) is 0 Å². The fourth-order valence-corrected chi connectivity index (χ4v) is 4.62. The number of aliphatic hydroxyl groups is 1. The maximum atomic E-state index is 11.0. The van der Waals surface area contributed by atoms with Crippen molar-refractivity contribution in [3.8, 4) is 17.6 Å². The Balaban J connectivity index is 1.96. The molecular formula is C28H34O5. The highest BCUT2D eigenvalue weighted by Crippen LogP contribution is 2.49. The van der Waals surface area contributed by atoms with Crippen molar-refractivity contribution < 1.29 is 24.5 Å². The maximum absolute atomic E-state index is 11.0. The van der Waals surface area contributed by atoms with E-state index < -0.39 is 12.1 Å². The summed E-state index contributed by atoms with van der Waals surface area (Å²) in [5, 5.41) is 19.9. The number of aliphatic hydroxyl groups excluding tert-OH is 1. The third kappa shape index (κ3) is 5.76. The van der Waals surface area contributed by atoms with Gasteiger partial charge in [0.2, 0.25) is 0 Å². The number of carboxylic acid groups (broad SMARTS) is 1. The quantitative estimate of drug-likeness (QED) is 0.442. The molecule has 2 N–H and O–H groups in total. The molecule has 176 valence electrons. The number of rotatable bonds is 7. The molecular weight excluding hydrogens is 416 g/mol. The van der Waals surface area contributed by atoms with Crippen LogP contribution in [0.2, 0.25) is 0 Å². The van der Waals surface area contributed by atoms with Gasteiger partial charge >= 0.3 is 5.97 Å². The zero-order valence-corrected chi connectivity index (χ0v) is 20.1. The molecule has 3 unspecified atom stereocenters. The summed E-state index contributed by atoms with van der Waals surface area (Å²) >= 11 is 0. The third-order valence-corrected chi connectivity index (χ3v) is 6.52. The van der Waals surface area contributed by atoms with E-state index >= 15 is 0 Å². The van der Waals surface area contributed by atoms with Crippen molar-refractivity contribution in [2.24, 2.45) is 5.92 Å². The molecule has 1 aliphatic carbocycles. The molecule has 0 saturated heterocycles. The molecule has 0 bridgehead atoms. The highest BCUT2D eigenvalue weighted by atomic mass is 16.5. The molecule has 1 aliphatic rings. The number of carboxylic acids is 1. The van der Waals surface area contributed by atoms with E-state index in [0.29, 0.717) is 42.8 Å². The van der Waals surface area contributed by atoms with Gasteiger partial charge in [-0.1, -0.05) is 45.6 Å². The first-order chi connectivity index (χ1) is 15.6. The first-order valence-corrected chi connectivity index (χ1v) is 11.6. The van der Waals surface area contributed by atoms with Gasteiger partial charge in [0.05, 0.1) is 12.2 Å². The van der Waals surface area contributed by atoms with Crippen LogP contribution >= 0.6 is 0 Å². The normalized spacial score (nSPS) is 19.7. The number of benzene rings is 2. The molecule has 2 aromatic carbocycles. The molecule has 0 aromatic heterocycles. The molecule has 0 saturated carbocycles. The van der Waals surface area contributed by atoms with Crippen LogP contribution in [0.25, 0.3) is 0 Å². The van der Waals surface area contributed by atoms with Gasteiger partial charge in [-0.3, -0.25) is 0 Å². The van der Waals surface area contributed by atoms with E-state index in [9.17, 15) is 9.90 Å². The summed E-state index contributed by atoms with van der Waals surface area (Å²) in [5.41, 5.74) is 3.91. The zero-order chi connectivity index (χ0) is 24.2. The Morgan fingerprint density at radius 3 is 2.52 bits per heavy atom. The Bertz CT molecular complexity index is 1040. The van der Waals surface area contributed by atoms with Crippen LogP contribution in [-0.4, -0.2) is 36.0 Å². The monoisotopic (exact) mass is 450 g/mol. The number of hydrogen-bond donors (Lipinski definition) is 2. The van der Waals surface area contributed by atoms with E-state index in [0.717, 1.165) is 12.2 Å². The van der Waals surface area contributed by atoms with Crippen LogP contribution in [0.5, 0.6) is 5.75 Å². The predicted molar refractivity (Wildman–Crippen MR) is 129 cm³/mol. The van der Waals surface area contributed by atoms with Crippen LogP contribution in [0.15, 0.2) is 36.4 Å². The fourth-order valence-electron chi connectivity index (χ4n) is 4.62. The van der Waals surface area contributed by atoms with E-state index in [2.05, 4.69) is 45.6 Å². The average molecular weight is 451 g/mol. The topological polar surface area (TPSA) is 76.0 Å². The second kappa shape index (κ2) is 10.4. The molecule has 33 heavy (non-hydrogen) atoms. The molecule has 3 atom stereocenters. The van der Waals surface area contributed by atoms with Crippen LogP contribution in [0, 0.1) is 17.8 Å². The molecule has 0 amide bonds. The van der Waals surface area contributed by atoms with Gasteiger partial charge in [-0.05, 0) is 72.1 Å². The van der Waals surface area contributed by atoms with Gasteiger partial charge in [0.15, 0.2) is 0 Å². The lowest BCUT2D eigenvalue weighted by atomic mass is 9.64. The van der Waals surface area contributed by atoms with E-state index in [1.165, 1.54) is 23.3 Å². The lowest BCUT2D eigenvalue weighted by Gasteiger charge is -2.41. The van der Waals surface area contributed by atoms with Crippen LogP contribution < -0.4 is 4.74 Å². The van der Waals surface area contributed by atoms with Crippen molar-refractivity contribution in [3.05, 3.63) is 64.2 Å². The van der Waals surface area contributed by atoms with Crippen molar-refractivity contribution in [1.82, 2.24) is 0 Å². The number of aromatic carboxylic acids is 1. The van der Waals surface area contributed by atoms with Crippen molar-refractivity contribution in [3.63, 3.8) is 0 Å². The van der Waals surface area contributed by atoms with Gasteiger partial charge in [-0.25, -0.2) is 4.79 Å². The number of fused-ring (bicyclic) bond motifs is 1. The van der Waals surface area contributed by atoms with E-state index in [4.69, 9.17) is 14.6 Å². The Labute approximate surface area is 196 Å². The van der Waals surface area contributed by atoms with Gasteiger partial charge in [-0.2, -0.15) is 0 Å². The third-order valence-electron chi connectivity index (χ3n) is 6.52. The second-order valence-corrected chi connectivity index (χ2v) is 9.43. The smallest absolute Gasteiger partial charge is 0.335 e. The summed E-state index contributed by atoms with van der Waals surface area (Å²) in [6.45, 7) is 12.6. The molecule has 0 heterocycles. The average Bonchev–Trinajstić information content (AvgIpc) is 2.78. The summed E-state index contributed by atoms with van der Waals surface area (Å²) in [7, 11) is 0. The predicted octanol–water partition coefficient (Wildman–Crippen LogP) is 5.31. The summed E-state index contributed by atoms with van der Waals surface area (Å²) < 4.78 is 11.6. The molecule has 0 radical (unpaired) electrons. The first kappa shape index (κ1) is 24.8. The SMILES string of the molecule is CCOCCOc1cc(C(O)C#Cc2ccc(C(=O)O)cc2)cc2c1C(C)C(C)CC2(C)C. The minimum atomic E-state index is -0.992. The zero-order valence-electron chi connectivity index (χ0n) is 20.1. The van der Waals surface area contributed by atoms with Crippen molar-refractivity contribution >= 4 is 5.97 Å². The first-order valence-electron chi connectivity index (χ1n) is 11.6. The van der Waals surface area contributed by atoms with Crippen molar-refractivity contribution in [1.29, 1.82) is 0 Å². The van der Waals surface area contributed by atoms with Crippen molar-refractivity contribution in [2.45, 2.75) is 58.5 Å². The lowest BCUT2D eigenvalue weighted by Crippen LogP contribution is -2.31. The van der Waals surface area contributed by atoms with Gasteiger partial charge in [0.1, 0.15) is 18.5 Å². The highest BCUT2D eigenvalue weighted by molar-refractivity contribution is 5.87. The summed E-state index contributed by atoms with van der Waals surface area (Å²) in [4.78, 5) is 11.0. The van der Waals surface area contributed by atoms with Crippen LogP contribution in [0.4, 0.5) is 0 Å². The largest absolute Gasteiger partial charge is 0.491 e. The molecule has 3 rings (SSSR count). The number of carbonyl (C=O) groups is 1. The number of ether oxygens (including phenoxy) is 2. The van der Waals surface area contributed by atoms with Crippen molar-refractivity contribution in [2.75, 3.05) is 19.8 Å². The van der Waals surface area contributed by atoms with Gasteiger partial charge in [0.25, 0.3) is 0 Å². The molecule has 0 aliphatic heterocycles. The Morgan fingerprint density at radius 2 is 1.88 bits per heavy atom. The molecule has 0 spiro atoms. The van der Waals surface area contributed by atoms with Crippen LogP contribution in [0.1, 0.15) is 85.7 Å². The summed E-state index contributed by atoms with van der Waals surface area (Å²) in [6.07, 6.45) is 0.0647. The highest BCUT2D eigenvalue weighted by Gasteiger charge is 2.38. The Hall–Kier alpha value is -2.81. The minimum absolute atomic E-state index is 0.0465. The van der Waals surface area contributed by atoms with Gasteiger partial charge in [0, 0.05) is 17.7 Å². The van der Waals surface area contributed by atoms with E-state index in [-0.39, 0.29) is 11.0 Å². The van der Waals surface area contributed by atoms with Crippen LogP contribution in [-0.2, 0) is 10.2 Å². The van der Waals surface area contributed by atoms with E-state index in [1.54, 1.807) is 12.1 Å². The van der Waals surface area contributed by atoms with Gasteiger partial charge in [-0.15, -0.1) is 0 Å². The minimum Gasteiger partial charge on any atom is -0.491 e. The standard InChI is InChI=1S/C28H34O5/c1-6-32-13-14-33-25-16-22(15-23-26(25)19(3)18(2)17-28(23,4)5)24(29)12-9-20-7-10-21(11-8-20)27(30)31/h7-8,10-11,15-16,18-19,24,29H,6,13-14,17H2,1-5H3,(H,30,31). The van der Waals surface area contributed by atoms with E-state index in [1.807, 2.05) is 13.0 Å². The summed E-state index contributed by atoms with van der Waals surface area (Å²) in [5.74, 6) is 6.53. The van der Waals surface area contributed by atoms with Gasteiger partial charge < -0.3 is 19.7 Å². The Kier molecular flexibility index (Phi) is 7.84. The molecule has 2 aromatic rings. The second-order valence-electron chi connectivity index (χ2n) is 9.43. The maximum Gasteiger partial charge on any atom is 0.335 e. The fraction of sp³-hybridized carbons (Fsp3) is 0.464. The Morgan fingerprint density at radius 1 is 1.18 bits per heavy atom. The molecule has 5 heteroatoms. The molecule has 0 fully saturated rings.